The van der Waals surface area contributed by atoms with Crippen LogP contribution in [-0.4, -0.2) is 44.2 Å². The molecule has 172 valence electrons. The van der Waals surface area contributed by atoms with E-state index in [0.29, 0.717) is 6.54 Å². The van der Waals surface area contributed by atoms with Crippen molar-refractivity contribution in [2.75, 3.05) is 13.1 Å². The van der Waals surface area contributed by atoms with Crippen LogP contribution < -0.4 is 5.73 Å². The van der Waals surface area contributed by atoms with Gasteiger partial charge in [0, 0.05) is 49.4 Å². The fourth-order valence-electron chi connectivity index (χ4n) is 4.55. The van der Waals surface area contributed by atoms with Crippen molar-refractivity contribution in [3.8, 4) is 5.69 Å². The highest BCUT2D eigenvalue weighted by atomic mass is 16.2. The molecular formula is C27H27N5O2. The lowest BCUT2D eigenvalue weighted by Gasteiger charge is -2.25. The second kappa shape index (κ2) is 8.67. The zero-order chi connectivity index (χ0) is 23.8. The summed E-state index contributed by atoms with van der Waals surface area (Å²) >= 11 is 0. The van der Waals surface area contributed by atoms with E-state index >= 15 is 0 Å². The van der Waals surface area contributed by atoms with E-state index in [1.807, 2.05) is 17.9 Å². The summed E-state index contributed by atoms with van der Waals surface area (Å²) in [7, 11) is 0. The summed E-state index contributed by atoms with van der Waals surface area (Å²) in [5.74, 6) is -0.398. The fourth-order valence-corrected chi connectivity index (χ4v) is 4.55. The molecule has 3 heterocycles. The van der Waals surface area contributed by atoms with Crippen molar-refractivity contribution in [1.82, 2.24) is 19.2 Å². The Bertz CT molecular complexity index is 1430. The Balaban J connectivity index is 1.34. The first kappa shape index (κ1) is 21.7. The molecule has 2 aromatic heterocycles. The zero-order valence-corrected chi connectivity index (χ0v) is 19.4. The molecule has 0 fully saturated rings. The van der Waals surface area contributed by atoms with E-state index in [2.05, 4.69) is 64.4 Å². The van der Waals surface area contributed by atoms with E-state index < -0.39 is 5.91 Å². The van der Waals surface area contributed by atoms with Crippen LogP contribution in [0.4, 0.5) is 0 Å². The van der Waals surface area contributed by atoms with Crippen molar-refractivity contribution in [3.05, 3.63) is 89.4 Å². The Morgan fingerprint density at radius 1 is 1.06 bits per heavy atom. The van der Waals surface area contributed by atoms with Gasteiger partial charge >= 0.3 is 0 Å². The van der Waals surface area contributed by atoms with Crippen LogP contribution in [-0.2, 0) is 11.3 Å². The predicted octanol–water partition coefficient (Wildman–Crippen LogP) is 3.92. The van der Waals surface area contributed by atoms with Gasteiger partial charge in [0.15, 0.2) is 5.69 Å². The Hall–Kier alpha value is -4.13. The minimum absolute atomic E-state index is 0.131. The van der Waals surface area contributed by atoms with Gasteiger partial charge in [-0.05, 0) is 60.4 Å². The van der Waals surface area contributed by atoms with Crippen LogP contribution in [0.3, 0.4) is 0 Å². The van der Waals surface area contributed by atoms with Crippen LogP contribution >= 0.6 is 0 Å². The van der Waals surface area contributed by atoms with E-state index in [1.165, 1.54) is 16.7 Å². The Kier molecular flexibility index (Phi) is 5.53. The topological polar surface area (TPSA) is 86.2 Å². The molecule has 0 aliphatic carbocycles. The summed E-state index contributed by atoms with van der Waals surface area (Å²) < 4.78 is 3.97. The summed E-state index contributed by atoms with van der Waals surface area (Å²) in [5.41, 5.74) is 12.3. The minimum Gasteiger partial charge on any atom is -0.364 e. The van der Waals surface area contributed by atoms with Crippen LogP contribution in [0.5, 0.6) is 0 Å². The molecule has 34 heavy (non-hydrogen) atoms. The summed E-state index contributed by atoms with van der Waals surface area (Å²) in [6.45, 7) is 5.76. The van der Waals surface area contributed by atoms with Gasteiger partial charge in [-0.2, -0.15) is 5.10 Å². The van der Waals surface area contributed by atoms with E-state index in [4.69, 9.17) is 5.73 Å². The third-order valence-electron chi connectivity index (χ3n) is 6.47. The largest absolute Gasteiger partial charge is 0.364 e. The number of rotatable bonds is 5. The van der Waals surface area contributed by atoms with Crippen molar-refractivity contribution in [3.63, 3.8) is 0 Å². The van der Waals surface area contributed by atoms with Crippen molar-refractivity contribution in [2.45, 2.75) is 26.8 Å². The highest BCUT2D eigenvalue weighted by Gasteiger charge is 2.15. The summed E-state index contributed by atoms with van der Waals surface area (Å²) in [4.78, 5) is 24.9. The maximum atomic E-state index is 11.5. The van der Waals surface area contributed by atoms with E-state index in [1.54, 1.807) is 17.7 Å². The molecule has 0 atom stereocenters. The molecule has 1 aliphatic rings. The van der Waals surface area contributed by atoms with Crippen molar-refractivity contribution < 1.29 is 9.59 Å². The van der Waals surface area contributed by atoms with Crippen LogP contribution in [0, 0.1) is 6.92 Å². The normalized spacial score (nSPS) is 13.8. The van der Waals surface area contributed by atoms with Gasteiger partial charge in [-0.1, -0.05) is 30.3 Å². The smallest absolute Gasteiger partial charge is 0.269 e. The predicted molar refractivity (Wildman–Crippen MR) is 133 cm³/mol. The number of aryl methyl sites for hydroxylation is 1. The summed E-state index contributed by atoms with van der Waals surface area (Å²) in [6.07, 6.45) is 5.14. The number of primary amides is 1. The molecule has 0 spiro atoms. The molecular weight excluding hydrogens is 426 g/mol. The second-order valence-electron chi connectivity index (χ2n) is 8.78. The summed E-state index contributed by atoms with van der Waals surface area (Å²) in [6, 6.07) is 18.6. The van der Waals surface area contributed by atoms with Crippen molar-refractivity contribution in [1.29, 1.82) is 0 Å². The van der Waals surface area contributed by atoms with Gasteiger partial charge in [0.25, 0.3) is 5.91 Å². The number of aromatic nitrogens is 3. The highest BCUT2D eigenvalue weighted by molar-refractivity contribution is 5.91. The molecule has 0 saturated heterocycles. The number of nitrogens with zero attached hydrogens (tertiary/aromatic N) is 4. The molecule has 0 saturated carbocycles. The van der Waals surface area contributed by atoms with Crippen LogP contribution in [0.1, 0.15) is 40.7 Å². The van der Waals surface area contributed by atoms with Crippen molar-refractivity contribution >= 4 is 28.3 Å². The van der Waals surface area contributed by atoms with Gasteiger partial charge in [0.1, 0.15) is 0 Å². The number of carbonyl (C=O) groups is 2. The van der Waals surface area contributed by atoms with Crippen LogP contribution in [0.15, 0.2) is 66.9 Å². The third kappa shape index (κ3) is 4.12. The molecule has 2 N–H and O–H groups in total. The zero-order valence-electron chi connectivity index (χ0n) is 19.4. The monoisotopic (exact) mass is 453 g/mol. The number of nitrogens with two attached hydrogens (primary N) is 1. The van der Waals surface area contributed by atoms with Gasteiger partial charge in [0.2, 0.25) is 5.91 Å². The number of benzene rings is 2. The SMILES string of the molecule is CC(=O)N1CC=C(c2ccc(Cn3ccc4cc(-n5nc(C(N)=O)cc5C)ccc43)cc2)CC1. The van der Waals surface area contributed by atoms with Crippen LogP contribution in [0.25, 0.3) is 22.2 Å². The number of hydrogen-bond donors (Lipinski definition) is 1. The average Bonchev–Trinajstić information content (AvgIpc) is 3.43. The van der Waals surface area contributed by atoms with Gasteiger partial charge in [-0.25, -0.2) is 4.68 Å². The summed E-state index contributed by atoms with van der Waals surface area (Å²) in [5, 5.41) is 5.44. The second-order valence-corrected chi connectivity index (χ2v) is 8.78. The van der Waals surface area contributed by atoms with E-state index in [0.717, 1.165) is 41.8 Å². The van der Waals surface area contributed by atoms with Crippen molar-refractivity contribution in [2.24, 2.45) is 5.73 Å². The molecule has 7 heteroatoms. The highest BCUT2D eigenvalue weighted by Crippen LogP contribution is 2.25. The maximum Gasteiger partial charge on any atom is 0.269 e. The lowest BCUT2D eigenvalue weighted by atomic mass is 9.98. The number of hydrogen-bond acceptors (Lipinski definition) is 3. The molecule has 7 nitrogen and oxygen atoms in total. The molecule has 2 amide bonds. The van der Waals surface area contributed by atoms with Gasteiger partial charge in [-0.3, -0.25) is 9.59 Å². The van der Waals surface area contributed by atoms with E-state index in [-0.39, 0.29) is 11.6 Å². The number of carbonyl (C=O) groups excluding carboxylic acids is 2. The molecule has 0 bridgehead atoms. The first-order chi connectivity index (χ1) is 16.4. The van der Waals surface area contributed by atoms with Gasteiger partial charge < -0.3 is 15.2 Å². The Labute approximate surface area is 198 Å². The van der Waals surface area contributed by atoms with Gasteiger partial charge in [0.05, 0.1) is 5.69 Å². The quantitative estimate of drug-likeness (QED) is 0.497. The maximum absolute atomic E-state index is 11.5. The average molecular weight is 454 g/mol. The molecule has 0 unspecified atom stereocenters. The molecule has 5 rings (SSSR count). The first-order valence-corrected chi connectivity index (χ1v) is 11.4. The lowest BCUT2D eigenvalue weighted by Crippen LogP contribution is -2.32. The number of amides is 2. The standard InChI is InChI=1S/C27H27N5O2/c1-18-15-25(27(28)34)29-32(18)24-7-8-26-23(16-24)11-14-31(26)17-20-3-5-21(6-4-20)22-9-12-30(13-10-22)19(2)33/h3-9,11,14-16H,10,12-13,17H2,1-2H3,(H2,28,34). The molecule has 4 aromatic rings. The molecule has 2 aromatic carbocycles. The number of fused-ring (bicyclic) bond motifs is 1. The van der Waals surface area contributed by atoms with Crippen LogP contribution in [0.2, 0.25) is 0 Å². The molecule has 1 aliphatic heterocycles. The minimum atomic E-state index is -0.530. The Morgan fingerprint density at radius 2 is 1.85 bits per heavy atom. The third-order valence-corrected chi connectivity index (χ3v) is 6.47. The van der Waals surface area contributed by atoms with Gasteiger partial charge in [-0.15, -0.1) is 0 Å². The molecule has 0 radical (unpaired) electrons. The first-order valence-electron chi connectivity index (χ1n) is 11.4. The fraction of sp³-hybridized carbons (Fsp3) is 0.222. The van der Waals surface area contributed by atoms with E-state index in [9.17, 15) is 9.59 Å². The Morgan fingerprint density at radius 3 is 2.50 bits per heavy atom. The lowest BCUT2D eigenvalue weighted by molar-refractivity contribution is -0.128.